The van der Waals surface area contributed by atoms with Crippen LogP contribution in [0, 0.1) is 11.8 Å². The number of amides is 1. The zero-order chi connectivity index (χ0) is 30.5. The first-order chi connectivity index (χ1) is 20.3. The van der Waals surface area contributed by atoms with E-state index in [1.165, 1.54) is 16.8 Å². The van der Waals surface area contributed by atoms with Gasteiger partial charge in [0.05, 0.1) is 17.3 Å². The van der Waals surface area contributed by atoms with Gasteiger partial charge in [0.1, 0.15) is 0 Å². The van der Waals surface area contributed by atoms with Crippen LogP contribution in [0.25, 0.3) is 5.69 Å². The van der Waals surface area contributed by atoms with E-state index in [-0.39, 0.29) is 58.1 Å². The van der Waals surface area contributed by atoms with Crippen LogP contribution in [0.15, 0.2) is 69.6 Å². The molecule has 2 unspecified atom stereocenters. The van der Waals surface area contributed by atoms with E-state index >= 15 is 0 Å². The third-order valence-electron chi connectivity index (χ3n) is 7.81. The number of nitrogens with one attached hydrogen (secondary N) is 1. The minimum Gasteiger partial charge on any atom is -0.545 e. The van der Waals surface area contributed by atoms with Gasteiger partial charge in [-0.1, -0.05) is 103 Å². The van der Waals surface area contributed by atoms with Gasteiger partial charge in [-0.3, -0.25) is 14.7 Å². The first-order valence-corrected chi connectivity index (χ1v) is 15.3. The van der Waals surface area contributed by atoms with Gasteiger partial charge in [0, 0.05) is 18.7 Å². The Bertz CT molecular complexity index is 1370. The number of unbranched alkanes of at least 4 members (excludes halogenated alkanes) is 2. The maximum atomic E-state index is 14.3. The summed E-state index contributed by atoms with van der Waals surface area (Å²) in [6, 6.07) is 15.0. The Labute approximate surface area is 277 Å². The molecule has 0 saturated heterocycles. The van der Waals surface area contributed by atoms with Gasteiger partial charge >= 0.3 is 29.6 Å². The Balaban J connectivity index is 0.00000645. The summed E-state index contributed by atoms with van der Waals surface area (Å²) in [7, 11) is 0. The minimum atomic E-state index is -1.40. The van der Waals surface area contributed by atoms with Gasteiger partial charge in [-0.2, -0.15) is 0 Å². The van der Waals surface area contributed by atoms with Crippen molar-refractivity contribution in [2.75, 3.05) is 13.1 Å². The number of carbonyl (C=O) groups excluding carboxylic acids is 2. The van der Waals surface area contributed by atoms with E-state index in [4.69, 9.17) is 0 Å². The van der Waals surface area contributed by atoms with Crippen molar-refractivity contribution in [2.45, 2.75) is 79.1 Å². The van der Waals surface area contributed by atoms with Gasteiger partial charge < -0.3 is 14.8 Å². The van der Waals surface area contributed by atoms with Crippen molar-refractivity contribution in [1.29, 1.82) is 0 Å². The molecule has 2 atom stereocenters. The average molecular weight is 598 g/mol. The van der Waals surface area contributed by atoms with E-state index in [2.05, 4.69) is 43.0 Å². The van der Waals surface area contributed by atoms with Crippen LogP contribution in [-0.2, 0) is 0 Å². The predicted molar refractivity (Wildman–Crippen MR) is 164 cm³/mol. The van der Waals surface area contributed by atoms with Crippen molar-refractivity contribution < 1.29 is 44.3 Å². The largest absolute Gasteiger partial charge is 1.00 e. The quantitative estimate of drug-likeness (QED) is 0.188. The Morgan fingerprint density at radius 1 is 0.860 bits per heavy atom. The first kappa shape index (κ1) is 36.2. The maximum Gasteiger partial charge on any atom is 1.00 e. The van der Waals surface area contributed by atoms with E-state index in [0.717, 1.165) is 51.4 Å². The van der Waals surface area contributed by atoms with Crippen molar-refractivity contribution in [3.63, 3.8) is 0 Å². The van der Waals surface area contributed by atoms with Crippen molar-refractivity contribution in [3.8, 4) is 5.69 Å². The molecule has 0 spiro atoms. The zero-order valence-electron chi connectivity index (χ0n) is 26.3. The number of nitrogens with zero attached hydrogens (tertiary/aromatic N) is 4. The number of carbonyl (C=O) groups is 2. The maximum absolute atomic E-state index is 14.3. The number of rotatable bonds is 17. The molecule has 1 N–H and O–H groups in total. The topological polar surface area (TPSA) is 123 Å². The molecule has 1 heterocycles. The van der Waals surface area contributed by atoms with Crippen LogP contribution in [0.2, 0.25) is 0 Å². The van der Waals surface area contributed by atoms with Crippen LogP contribution in [0.1, 0.15) is 99.9 Å². The van der Waals surface area contributed by atoms with Crippen molar-refractivity contribution in [1.82, 2.24) is 14.7 Å². The summed E-state index contributed by atoms with van der Waals surface area (Å²) in [5.41, 5.74) is -0.243. The fraction of sp³-hybridized carbons (Fsp3) is 0.485. The number of carboxylic acid groups (broad SMARTS) is 1. The molecule has 0 aliphatic rings. The monoisotopic (exact) mass is 597 g/mol. The smallest absolute Gasteiger partial charge is 0.545 e. The molecule has 0 aliphatic heterocycles. The zero-order valence-corrected chi connectivity index (χ0v) is 28.3. The molecular formula is C33H44N5NaO4. The van der Waals surface area contributed by atoms with Crippen LogP contribution in [0.3, 0.4) is 0 Å². The molecule has 0 saturated carbocycles. The van der Waals surface area contributed by atoms with E-state index in [0.29, 0.717) is 30.6 Å². The molecular weight excluding hydrogens is 553 g/mol. The SMILES string of the molecule is CCCCC(CC)CN(CC(CC)CCCC)C(=O)c1[nH]n(-c2ccccc2)c(=O)c1N=Nc1ccccc1C(=O)[O-].[Na+]. The first-order valence-electron chi connectivity index (χ1n) is 15.3. The number of aromatic amines is 1. The van der Waals surface area contributed by atoms with Gasteiger partial charge in [0.25, 0.3) is 11.5 Å². The second kappa shape index (κ2) is 18.6. The van der Waals surface area contributed by atoms with Gasteiger partial charge in [0.2, 0.25) is 0 Å². The normalized spacial score (nSPS) is 12.6. The van der Waals surface area contributed by atoms with E-state index in [1.807, 2.05) is 11.0 Å². The summed E-state index contributed by atoms with van der Waals surface area (Å²) >= 11 is 0. The molecule has 226 valence electrons. The Kier molecular flexibility index (Phi) is 15.7. The summed E-state index contributed by atoms with van der Waals surface area (Å²) in [5.74, 6) is -1.05. The number of carboxylic acids is 1. The second-order valence-corrected chi connectivity index (χ2v) is 10.9. The minimum absolute atomic E-state index is 0. The third-order valence-corrected chi connectivity index (χ3v) is 7.81. The number of aromatic carboxylic acids is 1. The molecule has 10 heteroatoms. The molecule has 0 bridgehead atoms. The number of benzene rings is 2. The van der Waals surface area contributed by atoms with Gasteiger partial charge in [-0.05, 0) is 42.9 Å². The molecule has 9 nitrogen and oxygen atoms in total. The van der Waals surface area contributed by atoms with Gasteiger partial charge in [-0.15, -0.1) is 10.2 Å². The molecule has 3 rings (SSSR count). The van der Waals surface area contributed by atoms with Crippen LogP contribution in [0.4, 0.5) is 11.4 Å². The van der Waals surface area contributed by atoms with Crippen LogP contribution < -0.4 is 40.2 Å². The molecule has 1 amide bonds. The van der Waals surface area contributed by atoms with Crippen molar-refractivity contribution in [2.24, 2.45) is 22.1 Å². The molecule has 0 fully saturated rings. The molecule has 43 heavy (non-hydrogen) atoms. The Morgan fingerprint density at radius 2 is 1.42 bits per heavy atom. The molecule has 2 aromatic carbocycles. The molecule has 1 aromatic heterocycles. The molecule has 0 radical (unpaired) electrons. The summed E-state index contributed by atoms with van der Waals surface area (Å²) in [4.78, 5) is 41.5. The standard InChI is InChI=1S/C33H45N5O4.Na/c1-5-9-16-24(7-3)22-37(23-25(8-4)17-10-6-2)31(39)30-29(32(40)38(36-30)26-18-12-11-13-19-26)35-34-28-21-15-14-20-27(28)33(41)42;/h11-15,18-21,24-25,36H,5-10,16-17,22-23H2,1-4H3,(H,41,42);/q;+1/p-1. The van der Waals surface area contributed by atoms with Crippen LogP contribution in [0.5, 0.6) is 0 Å². The van der Waals surface area contributed by atoms with Gasteiger partial charge in [0.15, 0.2) is 11.4 Å². The predicted octanol–water partition coefficient (Wildman–Crippen LogP) is 3.82. The number of azo groups is 1. The summed E-state index contributed by atoms with van der Waals surface area (Å²) < 4.78 is 1.28. The second-order valence-electron chi connectivity index (χ2n) is 10.9. The van der Waals surface area contributed by atoms with Crippen molar-refractivity contribution in [3.05, 3.63) is 76.2 Å². The number of para-hydroxylation sites is 1. The molecule has 0 aliphatic carbocycles. The van der Waals surface area contributed by atoms with Gasteiger partial charge in [-0.25, -0.2) is 4.68 Å². The number of aromatic nitrogens is 2. The van der Waals surface area contributed by atoms with E-state index in [1.54, 1.807) is 36.4 Å². The summed E-state index contributed by atoms with van der Waals surface area (Å²) in [5, 5.41) is 22.9. The van der Waals surface area contributed by atoms with Crippen molar-refractivity contribution >= 4 is 23.3 Å². The van der Waals surface area contributed by atoms with E-state index < -0.39 is 11.5 Å². The molecule has 3 aromatic rings. The number of H-pyrrole nitrogens is 1. The Hall–Kier alpha value is -3.01. The number of hydrogen-bond acceptors (Lipinski definition) is 6. The Morgan fingerprint density at radius 3 is 1.95 bits per heavy atom. The number of hydrogen-bond donors (Lipinski definition) is 1. The van der Waals surface area contributed by atoms with Crippen LogP contribution in [-0.4, -0.2) is 39.6 Å². The van der Waals surface area contributed by atoms with Crippen LogP contribution >= 0.6 is 0 Å². The summed E-state index contributed by atoms with van der Waals surface area (Å²) in [6.07, 6.45) is 8.30. The fourth-order valence-corrected chi connectivity index (χ4v) is 5.12. The third kappa shape index (κ3) is 10.0. The fourth-order valence-electron chi connectivity index (χ4n) is 5.12. The summed E-state index contributed by atoms with van der Waals surface area (Å²) in [6.45, 7) is 9.81. The average Bonchev–Trinajstić information content (AvgIpc) is 3.34. The van der Waals surface area contributed by atoms with E-state index in [9.17, 15) is 19.5 Å².